The fourth-order valence-corrected chi connectivity index (χ4v) is 2.29. The zero-order valence-corrected chi connectivity index (χ0v) is 11.3. The van der Waals surface area contributed by atoms with Gasteiger partial charge in [0.1, 0.15) is 0 Å². The molecule has 2 nitrogen and oxygen atoms in total. The highest BCUT2D eigenvalue weighted by Crippen LogP contribution is 2.28. The van der Waals surface area contributed by atoms with Crippen molar-refractivity contribution in [2.75, 3.05) is 0 Å². The second-order valence-corrected chi connectivity index (χ2v) is 5.01. The quantitative estimate of drug-likeness (QED) is 0.825. The van der Waals surface area contributed by atoms with Gasteiger partial charge >= 0.3 is 0 Å². The average Bonchev–Trinajstić information content (AvgIpc) is 2.26. The van der Waals surface area contributed by atoms with Gasteiger partial charge in [-0.2, -0.15) is 0 Å². The Morgan fingerprint density at radius 1 is 1.18 bits per heavy atom. The molecule has 3 unspecified atom stereocenters. The minimum atomic E-state index is -0.658. The number of benzene rings is 1. The van der Waals surface area contributed by atoms with E-state index in [-0.39, 0.29) is 0 Å². The summed E-state index contributed by atoms with van der Waals surface area (Å²) in [5.74, 6) is 0.320. The van der Waals surface area contributed by atoms with Crippen molar-refractivity contribution in [2.24, 2.45) is 0 Å². The Bertz CT molecular complexity index is 358. The molecule has 0 heterocycles. The van der Waals surface area contributed by atoms with Crippen molar-refractivity contribution in [1.29, 1.82) is 0 Å². The molecule has 1 aromatic carbocycles. The van der Waals surface area contributed by atoms with Gasteiger partial charge in [-0.25, -0.2) is 0 Å². The minimum absolute atomic E-state index is 0.320. The van der Waals surface area contributed by atoms with Crippen LogP contribution in [0.2, 0.25) is 0 Å². The summed E-state index contributed by atoms with van der Waals surface area (Å²) in [7, 11) is 0. The predicted octanol–water partition coefficient (Wildman–Crippen LogP) is 2.93. The molecule has 0 saturated carbocycles. The fraction of sp³-hybridized carbons (Fsp3) is 0.600. The zero-order valence-electron chi connectivity index (χ0n) is 11.3. The summed E-state index contributed by atoms with van der Waals surface area (Å²) in [6.45, 7) is 7.96. The highest BCUT2D eigenvalue weighted by atomic mass is 16.3. The molecule has 96 valence electrons. The van der Waals surface area contributed by atoms with Crippen molar-refractivity contribution >= 4 is 0 Å². The number of aliphatic hydroxyl groups is 2. The topological polar surface area (TPSA) is 40.5 Å². The van der Waals surface area contributed by atoms with Crippen LogP contribution in [0.4, 0.5) is 0 Å². The van der Waals surface area contributed by atoms with Crippen LogP contribution in [0, 0.1) is 13.8 Å². The molecule has 3 atom stereocenters. The molecule has 0 radical (unpaired) electrons. The maximum absolute atomic E-state index is 9.78. The van der Waals surface area contributed by atoms with Gasteiger partial charge in [0.05, 0.1) is 12.2 Å². The van der Waals surface area contributed by atoms with Crippen LogP contribution < -0.4 is 0 Å². The molecule has 17 heavy (non-hydrogen) atoms. The van der Waals surface area contributed by atoms with E-state index < -0.39 is 12.2 Å². The van der Waals surface area contributed by atoms with Gasteiger partial charge in [-0.3, -0.25) is 0 Å². The minimum Gasteiger partial charge on any atom is -0.391 e. The van der Waals surface area contributed by atoms with E-state index in [1.54, 1.807) is 6.92 Å². The Morgan fingerprint density at radius 3 is 2.29 bits per heavy atom. The molecule has 0 saturated heterocycles. The van der Waals surface area contributed by atoms with E-state index in [1.165, 1.54) is 16.7 Å². The third-order valence-electron chi connectivity index (χ3n) is 3.44. The SMILES string of the molecule is CCC(CC(O)C(C)O)c1ccc(C)cc1C. The van der Waals surface area contributed by atoms with Crippen molar-refractivity contribution in [3.63, 3.8) is 0 Å². The highest BCUT2D eigenvalue weighted by molar-refractivity contribution is 5.33. The first-order chi connectivity index (χ1) is 7.95. The monoisotopic (exact) mass is 236 g/mol. The van der Waals surface area contributed by atoms with Gasteiger partial charge in [0.2, 0.25) is 0 Å². The molecule has 0 aliphatic heterocycles. The lowest BCUT2D eigenvalue weighted by atomic mass is 9.86. The van der Waals surface area contributed by atoms with E-state index in [2.05, 4.69) is 39.0 Å². The summed E-state index contributed by atoms with van der Waals surface area (Å²) in [5, 5.41) is 19.2. The van der Waals surface area contributed by atoms with Gasteiger partial charge in [-0.05, 0) is 50.7 Å². The standard InChI is InChI=1S/C15H24O2/c1-5-13(9-15(17)12(4)16)14-7-6-10(2)8-11(14)3/h6-8,12-13,15-17H,5,9H2,1-4H3. The number of aliphatic hydroxyl groups excluding tert-OH is 2. The summed E-state index contributed by atoms with van der Waals surface area (Å²) >= 11 is 0. The first kappa shape index (κ1) is 14.2. The second kappa shape index (κ2) is 6.18. The summed E-state index contributed by atoms with van der Waals surface area (Å²) in [5.41, 5.74) is 3.82. The molecule has 2 heteroatoms. The van der Waals surface area contributed by atoms with E-state index in [9.17, 15) is 10.2 Å². The lowest BCUT2D eigenvalue weighted by molar-refractivity contribution is 0.0215. The van der Waals surface area contributed by atoms with Crippen LogP contribution in [0.5, 0.6) is 0 Å². The Labute approximate surface area is 104 Å². The van der Waals surface area contributed by atoms with Gasteiger partial charge in [0.15, 0.2) is 0 Å². The molecule has 1 rings (SSSR count). The predicted molar refractivity (Wildman–Crippen MR) is 71.3 cm³/mol. The van der Waals surface area contributed by atoms with Crippen LogP contribution in [0.15, 0.2) is 18.2 Å². The van der Waals surface area contributed by atoms with E-state index in [4.69, 9.17) is 0 Å². The maximum atomic E-state index is 9.78. The maximum Gasteiger partial charge on any atom is 0.0802 e. The fourth-order valence-electron chi connectivity index (χ4n) is 2.29. The summed E-state index contributed by atoms with van der Waals surface area (Å²) in [6.07, 6.45) is 0.307. The Morgan fingerprint density at radius 2 is 1.82 bits per heavy atom. The van der Waals surface area contributed by atoms with Crippen LogP contribution in [0.25, 0.3) is 0 Å². The largest absolute Gasteiger partial charge is 0.391 e. The molecule has 0 spiro atoms. The molecule has 1 aromatic rings. The Balaban J connectivity index is 2.86. The Hall–Kier alpha value is -0.860. The molecule has 0 bridgehead atoms. The third-order valence-corrected chi connectivity index (χ3v) is 3.44. The molecule has 0 aromatic heterocycles. The van der Waals surface area contributed by atoms with Gasteiger partial charge in [-0.15, -0.1) is 0 Å². The lowest BCUT2D eigenvalue weighted by Crippen LogP contribution is -2.25. The van der Waals surface area contributed by atoms with Crippen LogP contribution in [-0.2, 0) is 0 Å². The average molecular weight is 236 g/mol. The second-order valence-electron chi connectivity index (χ2n) is 5.01. The normalized spacial score (nSPS) is 16.6. The molecular weight excluding hydrogens is 212 g/mol. The third kappa shape index (κ3) is 3.83. The van der Waals surface area contributed by atoms with Gasteiger partial charge in [0, 0.05) is 0 Å². The molecule has 0 fully saturated rings. The number of hydrogen-bond acceptors (Lipinski definition) is 2. The number of rotatable bonds is 5. The van der Waals surface area contributed by atoms with Gasteiger partial charge < -0.3 is 10.2 Å². The molecule has 0 aliphatic carbocycles. The van der Waals surface area contributed by atoms with Crippen molar-refractivity contribution in [2.45, 2.75) is 58.7 Å². The van der Waals surface area contributed by atoms with Crippen molar-refractivity contribution in [1.82, 2.24) is 0 Å². The van der Waals surface area contributed by atoms with Crippen molar-refractivity contribution in [3.8, 4) is 0 Å². The first-order valence-electron chi connectivity index (χ1n) is 6.39. The molecule has 0 aliphatic rings. The van der Waals surface area contributed by atoms with E-state index in [0.717, 1.165) is 6.42 Å². The zero-order chi connectivity index (χ0) is 13.0. The van der Waals surface area contributed by atoms with E-state index >= 15 is 0 Å². The van der Waals surface area contributed by atoms with Crippen LogP contribution in [0.1, 0.15) is 49.3 Å². The molecule has 0 amide bonds. The van der Waals surface area contributed by atoms with E-state index in [1.807, 2.05) is 0 Å². The summed E-state index contributed by atoms with van der Waals surface area (Å²) in [4.78, 5) is 0. The summed E-state index contributed by atoms with van der Waals surface area (Å²) in [6, 6.07) is 6.43. The van der Waals surface area contributed by atoms with Gasteiger partial charge in [-0.1, -0.05) is 30.7 Å². The number of hydrogen-bond donors (Lipinski definition) is 2. The Kier molecular flexibility index (Phi) is 5.16. The van der Waals surface area contributed by atoms with Crippen LogP contribution >= 0.6 is 0 Å². The van der Waals surface area contributed by atoms with Crippen LogP contribution in [0.3, 0.4) is 0 Å². The highest BCUT2D eigenvalue weighted by Gasteiger charge is 2.19. The van der Waals surface area contributed by atoms with Crippen molar-refractivity contribution < 1.29 is 10.2 Å². The van der Waals surface area contributed by atoms with Crippen molar-refractivity contribution in [3.05, 3.63) is 34.9 Å². The molecular formula is C15H24O2. The van der Waals surface area contributed by atoms with Gasteiger partial charge in [0.25, 0.3) is 0 Å². The summed E-state index contributed by atoms with van der Waals surface area (Å²) < 4.78 is 0. The smallest absolute Gasteiger partial charge is 0.0802 e. The first-order valence-corrected chi connectivity index (χ1v) is 6.39. The number of aryl methyl sites for hydroxylation is 2. The van der Waals surface area contributed by atoms with Crippen LogP contribution in [-0.4, -0.2) is 22.4 Å². The van der Waals surface area contributed by atoms with E-state index in [0.29, 0.717) is 12.3 Å². The lowest BCUT2D eigenvalue weighted by Gasteiger charge is -2.22. The molecule has 2 N–H and O–H groups in total.